The van der Waals surface area contributed by atoms with Crippen LogP contribution in [0.15, 0.2) is 35.7 Å². The second-order valence-electron chi connectivity index (χ2n) is 3.90. The summed E-state index contributed by atoms with van der Waals surface area (Å²) in [4.78, 5) is 22.6. The number of amides is 1. The smallest absolute Gasteiger partial charge is 0.295 e. The Balaban J connectivity index is 2.22. The Labute approximate surface area is 117 Å². The van der Waals surface area contributed by atoms with Crippen LogP contribution in [0.1, 0.15) is 10.9 Å². The Kier molecular flexibility index (Phi) is 4.06. The molecule has 2 aromatic rings. The summed E-state index contributed by atoms with van der Waals surface area (Å²) in [6.07, 6.45) is 0. The predicted octanol–water partition coefficient (Wildman–Crippen LogP) is 2.43. The third kappa shape index (κ3) is 2.98. The van der Waals surface area contributed by atoms with Crippen molar-refractivity contribution in [1.82, 2.24) is 0 Å². The molecule has 20 heavy (non-hydrogen) atoms. The lowest BCUT2D eigenvalue weighted by molar-refractivity contribution is -0.384. The first-order valence-corrected chi connectivity index (χ1v) is 6.41. The summed E-state index contributed by atoms with van der Waals surface area (Å²) in [5.41, 5.74) is 5.13. The maximum Gasteiger partial charge on any atom is 0.295 e. The minimum Gasteiger partial charge on any atom is -0.319 e. The molecule has 104 valence electrons. The lowest BCUT2D eigenvalue weighted by Crippen LogP contribution is -2.27. The van der Waals surface area contributed by atoms with Gasteiger partial charge in [0.05, 0.1) is 11.0 Å². The molecule has 8 heteroatoms. The number of benzene rings is 1. The molecule has 0 saturated heterocycles. The number of nitrogens with two attached hydrogens (primary N) is 1. The maximum absolute atomic E-state index is 13.0. The SMILES string of the molecule is NC(C(=O)Nc1ccc(F)cc1[N+](=O)[O-])c1cccs1. The van der Waals surface area contributed by atoms with Gasteiger partial charge < -0.3 is 11.1 Å². The van der Waals surface area contributed by atoms with E-state index in [-0.39, 0.29) is 5.69 Å². The van der Waals surface area contributed by atoms with E-state index in [2.05, 4.69) is 5.32 Å². The number of hydrogen-bond donors (Lipinski definition) is 2. The van der Waals surface area contributed by atoms with E-state index in [0.29, 0.717) is 4.88 Å². The Hall–Kier alpha value is -2.32. The van der Waals surface area contributed by atoms with Crippen LogP contribution in [-0.4, -0.2) is 10.8 Å². The van der Waals surface area contributed by atoms with E-state index in [4.69, 9.17) is 5.73 Å². The first-order chi connectivity index (χ1) is 9.49. The lowest BCUT2D eigenvalue weighted by Gasteiger charge is -2.10. The average Bonchev–Trinajstić information content (AvgIpc) is 2.93. The average molecular weight is 295 g/mol. The summed E-state index contributed by atoms with van der Waals surface area (Å²) in [7, 11) is 0. The van der Waals surface area contributed by atoms with Crippen molar-refractivity contribution in [1.29, 1.82) is 0 Å². The minimum atomic E-state index is -0.931. The van der Waals surface area contributed by atoms with Gasteiger partial charge in [-0.15, -0.1) is 11.3 Å². The number of nitrogens with zero attached hydrogens (tertiary/aromatic N) is 1. The van der Waals surface area contributed by atoms with Gasteiger partial charge in [-0.1, -0.05) is 6.07 Å². The number of nitro groups is 1. The van der Waals surface area contributed by atoms with E-state index in [0.717, 1.165) is 18.2 Å². The van der Waals surface area contributed by atoms with E-state index in [1.807, 2.05) is 0 Å². The quantitative estimate of drug-likeness (QED) is 0.668. The molecule has 2 rings (SSSR count). The van der Waals surface area contributed by atoms with Crippen LogP contribution in [0.2, 0.25) is 0 Å². The Morgan fingerprint density at radius 1 is 1.45 bits per heavy atom. The van der Waals surface area contributed by atoms with Crippen molar-refractivity contribution in [2.75, 3.05) is 5.32 Å². The first-order valence-electron chi connectivity index (χ1n) is 5.53. The molecule has 0 radical (unpaired) electrons. The van der Waals surface area contributed by atoms with Crippen LogP contribution in [0.3, 0.4) is 0 Å². The topological polar surface area (TPSA) is 98.3 Å². The largest absolute Gasteiger partial charge is 0.319 e. The van der Waals surface area contributed by atoms with E-state index in [1.54, 1.807) is 17.5 Å². The molecule has 0 saturated carbocycles. The normalized spacial score (nSPS) is 11.9. The molecule has 3 N–H and O–H groups in total. The van der Waals surface area contributed by atoms with Crippen molar-refractivity contribution in [3.63, 3.8) is 0 Å². The summed E-state index contributed by atoms with van der Waals surface area (Å²) in [6, 6.07) is 5.40. The highest BCUT2D eigenvalue weighted by Gasteiger charge is 2.21. The molecule has 0 fully saturated rings. The van der Waals surface area contributed by atoms with Crippen molar-refractivity contribution in [3.05, 3.63) is 56.5 Å². The summed E-state index contributed by atoms with van der Waals surface area (Å²) in [5, 5.41) is 14.9. The lowest BCUT2D eigenvalue weighted by atomic mass is 10.2. The van der Waals surface area contributed by atoms with Crippen LogP contribution in [0, 0.1) is 15.9 Å². The monoisotopic (exact) mass is 295 g/mol. The number of carbonyl (C=O) groups excluding carboxylic acids is 1. The summed E-state index contributed by atoms with van der Waals surface area (Å²) < 4.78 is 13.0. The van der Waals surface area contributed by atoms with Crippen LogP contribution in [0.25, 0.3) is 0 Å². The van der Waals surface area contributed by atoms with E-state index in [9.17, 15) is 19.3 Å². The minimum absolute atomic E-state index is 0.0894. The Bertz CT molecular complexity index is 645. The highest BCUT2D eigenvalue weighted by molar-refractivity contribution is 7.10. The second-order valence-corrected chi connectivity index (χ2v) is 4.88. The van der Waals surface area contributed by atoms with E-state index < -0.39 is 28.4 Å². The second kappa shape index (κ2) is 5.76. The number of carbonyl (C=O) groups is 1. The number of rotatable bonds is 4. The first kappa shape index (κ1) is 14.1. The van der Waals surface area contributed by atoms with Gasteiger partial charge in [0.1, 0.15) is 17.5 Å². The third-order valence-corrected chi connectivity index (χ3v) is 3.50. The van der Waals surface area contributed by atoms with Gasteiger partial charge in [-0.2, -0.15) is 0 Å². The number of hydrogen-bond acceptors (Lipinski definition) is 5. The zero-order chi connectivity index (χ0) is 14.7. The van der Waals surface area contributed by atoms with Gasteiger partial charge in [-0.25, -0.2) is 4.39 Å². The molecule has 0 aliphatic rings. The summed E-state index contributed by atoms with van der Waals surface area (Å²) in [5.74, 6) is -1.35. The molecule has 1 unspecified atom stereocenters. The Morgan fingerprint density at radius 3 is 2.80 bits per heavy atom. The molecule has 1 heterocycles. The van der Waals surface area contributed by atoms with Gasteiger partial charge >= 0.3 is 0 Å². The molecule has 1 aromatic heterocycles. The number of nitrogens with one attached hydrogen (secondary N) is 1. The van der Waals surface area contributed by atoms with E-state index >= 15 is 0 Å². The molecule has 0 bridgehead atoms. The fourth-order valence-electron chi connectivity index (χ4n) is 1.57. The fourth-order valence-corrected chi connectivity index (χ4v) is 2.29. The van der Waals surface area contributed by atoms with Crippen LogP contribution >= 0.6 is 11.3 Å². The van der Waals surface area contributed by atoms with Crippen molar-refractivity contribution >= 4 is 28.6 Å². The van der Waals surface area contributed by atoms with Gasteiger partial charge in [0.2, 0.25) is 5.91 Å². The molecular formula is C12H10FN3O3S. The fraction of sp³-hybridized carbons (Fsp3) is 0.0833. The van der Waals surface area contributed by atoms with Gasteiger partial charge in [-0.05, 0) is 23.6 Å². The summed E-state index contributed by atoms with van der Waals surface area (Å²) in [6.45, 7) is 0. The van der Waals surface area contributed by atoms with Crippen LogP contribution in [0.5, 0.6) is 0 Å². The Morgan fingerprint density at radius 2 is 2.20 bits per heavy atom. The highest BCUT2D eigenvalue weighted by Crippen LogP contribution is 2.26. The third-order valence-electron chi connectivity index (χ3n) is 2.55. The number of halogens is 1. The standard InChI is InChI=1S/C12H10FN3O3S/c13-7-3-4-8(9(6-7)16(18)19)15-12(17)11(14)10-2-1-5-20-10/h1-6,11H,14H2,(H,15,17). The van der Waals surface area contributed by atoms with Crippen LogP contribution in [0.4, 0.5) is 15.8 Å². The van der Waals surface area contributed by atoms with Crippen molar-refractivity contribution in [2.45, 2.75) is 6.04 Å². The van der Waals surface area contributed by atoms with Crippen molar-refractivity contribution in [2.24, 2.45) is 5.73 Å². The molecule has 6 nitrogen and oxygen atoms in total. The molecule has 1 amide bonds. The predicted molar refractivity (Wildman–Crippen MR) is 72.9 cm³/mol. The molecule has 1 aromatic carbocycles. The molecule has 0 aliphatic heterocycles. The van der Waals surface area contributed by atoms with Gasteiger partial charge in [0, 0.05) is 4.88 Å². The van der Waals surface area contributed by atoms with Crippen LogP contribution in [-0.2, 0) is 4.79 Å². The number of anilines is 1. The molecular weight excluding hydrogens is 285 g/mol. The van der Waals surface area contributed by atoms with E-state index in [1.165, 1.54) is 11.3 Å². The van der Waals surface area contributed by atoms with Crippen LogP contribution < -0.4 is 11.1 Å². The molecule has 0 aliphatic carbocycles. The molecule has 1 atom stereocenters. The maximum atomic E-state index is 13.0. The zero-order valence-corrected chi connectivity index (χ0v) is 10.9. The molecule has 0 spiro atoms. The number of nitro benzene ring substituents is 1. The van der Waals surface area contributed by atoms with Crippen molar-refractivity contribution < 1.29 is 14.1 Å². The van der Waals surface area contributed by atoms with Gasteiger partial charge in [-0.3, -0.25) is 14.9 Å². The number of thiophene rings is 1. The summed E-state index contributed by atoms with van der Waals surface area (Å²) >= 11 is 1.30. The zero-order valence-electron chi connectivity index (χ0n) is 10.1. The van der Waals surface area contributed by atoms with Crippen molar-refractivity contribution in [3.8, 4) is 0 Å². The highest BCUT2D eigenvalue weighted by atomic mass is 32.1. The van der Waals surface area contributed by atoms with Gasteiger partial charge in [0.25, 0.3) is 5.69 Å². The van der Waals surface area contributed by atoms with Gasteiger partial charge in [0.15, 0.2) is 0 Å².